The molecule has 0 fully saturated rings. The van der Waals surface area contributed by atoms with E-state index in [2.05, 4.69) is 4.98 Å². The molecule has 2 aromatic rings. The molecule has 5 nitrogen and oxygen atoms in total. The van der Waals surface area contributed by atoms with Crippen molar-refractivity contribution in [1.29, 1.82) is 0 Å². The molecule has 1 aromatic heterocycles. The maximum Gasteiger partial charge on any atom is 0.344 e. The largest absolute Gasteiger partial charge is 0.496 e. The number of nitrogens with two attached hydrogens (primary N) is 1. The van der Waals surface area contributed by atoms with Gasteiger partial charge in [-0.1, -0.05) is 6.07 Å². The maximum absolute atomic E-state index is 13.0. The zero-order valence-corrected chi connectivity index (χ0v) is 10.8. The maximum atomic E-state index is 13.0. The predicted octanol–water partition coefficient (Wildman–Crippen LogP) is 2.17. The van der Waals surface area contributed by atoms with E-state index in [1.165, 1.54) is 19.4 Å². The van der Waals surface area contributed by atoms with E-state index >= 15 is 0 Å². The molecule has 2 rings (SSSR count). The number of hydrogen-bond acceptors (Lipinski definition) is 5. The number of nitrogen functional groups attached to an aromatic ring is 1. The molecule has 0 saturated heterocycles. The van der Waals surface area contributed by atoms with Gasteiger partial charge in [0.15, 0.2) is 0 Å². The first kappa shape index (κ1) is 13.8. The normalized spacial score (nSPS) is 10.1. The van der Waals surface area contributed by atoms with E-state index in [9.17, 15) is 9.18 Å². The van der Waals surface area contributed by atoms with Gasteiger partial charge in [0.2, 0.25) is 0 Å². The Morgan fingerprint density at radius 2 is 2.20 bits per heavy atom. The SMILES string of the molecule is COc1cccc(N)c1C(=O)OCc1cncc(F)c1. The van der Waals surface area contributed by atoms with Gasteiger partial charge in [-0.05, 0) is 18.2 Å². The van der Waals surface area contributed by atoms with E-state index in [0.29, 0.717) is 11.3 Å². The van der Waals surface area contributed by atoms with Crippen LogP contribution < -0.4 is 10.5 Å². The first-order valence-corrected chi connectivity index (χ1v) is 5.81. The lowest BCUT2D eigenvalue weighted by atomic mass is 10.1. The molecule has 104 valence electrons. The quantitative estimate of drug-likeness (QED) is 0.684. The molecule has 6 heteroatoms. The van der Waals surface area contributed by atoms with Crippen LogP contribution in [0.15, 0.2) is 36.7 Å². The third-order valence-electron chi connectivity index (χ3n) is 2.61. The summed E-state index contributed by atoms with van der Waals surface area (Å²) < 4.78 is 23.1. The van der Waals surface area contributed by atoms with Crippen LogP contribution in [-0.2, 0) is 11.3 Å². The molecule has 0 aliphatic rings. The topological polar surface area (TPSA) is 74.4 Å². The standard InChI is InChI=1S/C14H13FN2O3/c1-19-12-4-2-3-11(16)13(12)14(18)20-8-9-5-10(15)7-17-6-9/h2-7H,8,16H2,1H3. The van der Waals surface area contributed by atoms with Gasteiger partial charge in [-0.15, -0.1) is 0 Å². The monoisotopic (exact) mass is 276 g/mol. The predicted molar refractivity (Wildman–Crippen MR) is 70.7 cm³/mol. The van der Waals surface area contributed by atoms with E-state index in [0.717, 1.165) is 6.20 Å². The fourth-order valence-corrected chi connectivity index (χ4v) is 1.69. The van der Waals surface area contributed by atoms with Gasteiger partial charge in [-0.25, -0.2) is 9.18 Å². The molecular formula is C14H13FN2O3. The molecule has 0 bridgehead atoms. The number of methoxy groups -OCH3 is 1. The van der Waals surface area contributed by atoms with Crippen LogP contribution in [0.2, 0.25) is 0 Å². The molecule has 0 unspecified atom stereocenters. The van der Waals surface area contributed by atoms with Crippen molar-refractivity contribution in [3.63, 3.8) is 0 Å². The lowest BCUT2D eigenvalue weighted by Crippen LogP contribution is -2.10. The number of ether oxygens (including phenoxy) is 2. The van der Waals surface area contributed by atoms with Gasteiger partial charge in [0.25, 0.3) is 0 Å². The van der Waals surface area contributed by atoms with E-state index in [4.69, 9.17) is 15.2 Å². The Morgan fingerprint density at radius 3 is 2.90 bits per heavy atom. The number of nitrogens with zero attached hydrogens (tertiary/aromatic N) is 1. The number of pyridine rings is 1. The molecule has 0 radical (unpaired) electrons. The van der Waals surface area contributed by atoms with E-state index in [-0.39, 0.29) is 17.9 Å². The highest BCUT2D eigenvalue weighted by Crippen LogP contribution is 2.25. The molecule has 0 amide bonds. The number of esters is 1. The van der Waals surface area contributed by atoms with Gasteiger partial charge in [0, 0.05) is 17.4 Å². The Labute approximate surface area is 115 Å². The van der Waals surface area contributed by atoms with Crippen molar-refractivity contribution in [2.24, 2.45) is 0 Å². The van der Waals surface area contributed by atoms with Crippen LogP contribution in [0.4, 0.5) is 10.1 Å². The fourth-order valence-electron chi connectivity index (χ4n) is 1.69. The number of rotatable bonds is 4. The summed E-state index contributed by atoms with van der Waals surface area (Å²) in [7, 11) is 1.43. The van der Waals surface area contributed by atoms with Crippen LogP contribution >= 0.6 is 0 Å². The highest BCUT2D eigenvalue weighted by atomic mass is 19.1. The first-order chi connectivity index (χ1) is 9.61. The van der Waals surface area contributed by atoms with Crippen LogP contribution in [0, 0.1) is 5.82 Å². The summed E-state index contributed by atoms with van der Waals surface area (Å²) in [4.78, 5) is 15.7. The van der Waals surface area contributed by atoms with Crippen molar-refractivity contribution in [3.8, 4) is 5.75 Å². The van der Waals surface area contributed by atoms with Gasteiger partial charge < -0.3 is 15.2 Å². The van der Waals surface area contributed by atoms with Crippen LogP contribution in [0.3, 0.4) is 0 Å². The number of halogens is 1. The van der Waals surface area contributed by atoms with Crippen molar-refractivity contribution in [1.82, 2.24) is 4.98 Å². The Balaban J connectivity index is 2.13. The van der Waals surface area contributed by atoms with Gasteiger partial charge in [0.05, 0.1) is 13.3 Å². The molecule has 0 spiro atoms. The number of carbonyl (C=O) groups is 1. The molecule has 20 heavy (non-hydrogen) atoms. The Morgan fingerprint density at radius 1 is 1.40 bits per heavy atom. The van der Waals surface area contributed by atoms with Gasteiger partial charge in [-0.3, -0.25) is 4.98 Å². The van der Waals surface area contributed by atoms with Gasteiger partial charge in [0.1, 0.15) is 23.7 Å². The van der Waals surface area contributed by atoms with Crippen molar-refractivity contribution < 1.29 is 18.7 Å². The number of benzene rings is 1. The fraction of sp³-hybridized carbons (Fsp3) is 0.143. The number of hydrogen-bond donors (Lipinski definition) is 1. The van der Waals surface area contributed by atoms with Crippen LogP contribution in [0.25, 0.3) is 0 Å². The van der Waals surface area contributed by atoms with Crippen LogP contribution in [0.5, 0.6) is 5.75 Å². The Bertz CT molecular complexity index is 632. The van der Waals surface area contributed by atoms with Crippen molar-refractivity contribution >= 4 is 11.7 Å². The minimum Gasteiger partial charge on any atom is -0.496 e. The molecule has 0 aliphatic carbocycles. The zero-order valence-electron chi connectivity index (χ0n) is 10.8. The average molecular weight is 276 g/mol. The summed E-state index contributed by atoms with van der Waals surface area (Å²) >= 11 is 0. The summed E-state index contributed by atoms with van der Waals surface area (Å²) in [5.74, 6) is -0.799. The minimum atomic E-state index is -0.635. The molecule has 0 aliphatic heterocycles. The van der Waals surface area contributed by atoms with Gasteiger partial charge in [-0.2, -0.15) is 0 Å². The molecule has 2 N–H and O–H groups in total. The first-order valence-electron chi connectivity index (χ1n) is 5.81. The highest BCUT2D eigenvalue weighted by Gasteiger charge is 2.17. The zero-order chi connectivity index (χ0) is 14.5. The second-order valence-electron chi connectivity index (χ2n) is 4.01. The summed E-state index contributed by atoms with van der Waals surface area (Å²) in [6.45, 7) is -0.0961. The van der Waals surface area contributed by atoms with Gasteiger partial charge >= 0.3 is 5.97 Å². The Kier molecular flexibility index (Phi) is 4.14. The van der Waals surface area contributed by atoms with Crippen molar-refractivity contribution in [2.45, 2.75) is 6.61 Å². The summed E-state index contributed by atoms with van der Waals surface area (Å²) in [6.07, 6.45) is 2.49. The highest BCUT2D eigenvalue weighted by molar-refractivity contribution is 5.98. The van der Waals surface area contributed by atoms with Crippen molar-refractivity contribution in [2.75, 3.05) is 12.8 Å². The lowest BCUT2D eigenvalue weighted by molar-refractivity contribution is 0.0469. The number of carbonyl (C=O) groups excluding carboxylic acids is 1. The number of aromatic nitrogens is 1. The smallest absolute Gasteiger partial charge is 0.344 e. The van der Waals surface area contributed by atoms with Crippen LogP contribution in [0.1, 0.15) is 15.9 Å². The summed E-state index contributed by atoms with van der Waals surface area (Å²) in [6, 6.07) is 6.09. The molecule has 1 heterocycles. The van der Waals surface area contributed by atoms with E-state index < -0.39 is 11.8 Å². The third kappa shape index (κ3) is 3.03. The molecule has 0 atom stereocenters. The Hall–Kier alpha value is -2.63. The number of anilines is 1. The second-order valence-corrected chi connectivity index (χ2v) is 4.01. The lowest BCUT2D eigenvalue weighted by Gasteiger charge is -2.10. The molecule has 0 saturated carbocycles. The van der Waals surface area contributed by atoms with E-state index in [1.54, 1.807) is 18.2 Å². The summed E-state index contributed by atoms with van der Waals surface area (Å²) in [5, 5.41) is 0. The minimum absolute atomic E-state index is 0.0961. The average Bonchev–Trinajstić information content (AvgIpc) is 2.44. The second kappa shape index (κ2) is 6.01. The van der Waals surface area contributed by atoms with Crippen LogP contribution in [-0.4, -0.2) is 18.1 Å². The van der Waals surface area contributed by atoms with Crippen molar-refractivity contribution in [3.05, 3.63) is 53.6 Å². The molecular weight excluding hydrogens is 263 g/mol. The third-order valence-corrected chi connectivity index (χ3v) is 2.61. The molecule has 1 aromatic carbocycles. The van der Waals surface area contributed by atoms with E-state index in [1.807, 2.05) is 0 Å². The summed E-state index contributed by atoms with van der Waals surface area (Å²) in [5.41, 5.74) is 6.60.